The Labute approximate surface area is 157 Å². The number of halogens is 9. The number of fused-ring (bicyclic) bond motifs is 2. The maximum atomic E-state index is 6.45. The number of alkyl halides is 9. The highest BCUT2D eigenvalue weighted by molar-refractivity contribution is 6.52. The van der Waals surface area contributed by atoms with Crippen LogP contribution in [0.15, 0.2) is 0 Å². The Kier molecular flexibility index (Phi) is 5.30. The van der Waals surface area contributed by atoms with Crippen molar-refractivity contribution in [2.24, 2.45) is 16.7 Å². The summed E-state index contributed by atoms with van der Waals surface area (Å²) in [5.41, 5.74) is -1.87. The minimum absolute atomic E-state index is 0.0684. The lowest BCUT2D eigenvalue weighted by Gasteiger charge is -2.45. The average Bonchev–Trinajstić information content (AvgIpc) is 2.62. The van der Waals surface area contributed by atoms with Crippen molar-refractivity contribution >= 4 is 104 Å². The van der Waals surface area contributed by atoms with Crippen LogP contribution >= 0.6 is 104 Å². The molecular formula is C10H9Cl9. The fraction of sp³-hybridized carbons (Fsp3) is 1.00. The second-order valence-electron chi connectivity index (χ2n) is 5.08. The van der Waals surface area contributed by atoms with E-state index in [2.05, 4.69) is 0 Å². The van der Waals surface area contributed by atoms with Crippen LogP contribution in [0.2, 0.25) is 0 Å². The molecular weight excluding hydrogens is 439 g/mol. The van der Waals surface area contributed by atoms with Gasteiger partial charge in [0.05, 0.1) is 10.8 Å². The average molecular weight is 448 g/mol. The van der Waals surface area contributed by atoms with Crippen LogP contribution in [0.5, 0.6) is 0 Å². The van der Waals surface area contributed by atoms with Gasteiger partial charge in [0.15, 0.2) is 0 Å². The lowest BCUT2D eigenvalue weighted by atomic mass is 9.70. The van der Waals surface area contributed by atoms with Gasteiger partial charge < -0.3 is 0 Å². The van der Waals surface area contributed by atoms with E-state index in [0.29, 0.717) is 0 Å². The third-order valence-corrected chi connectivity index (χ3v) is 8.53. The molecule has 2 aliphatic carbocycles. The van der Waals surface area contributed by atoms with E-state index < -0.39 is 41.5 Å². The summed E-state index contributed by atoms with van der Waals surface area (Å²) in [6.45, 7) is 0. The highest BCUT2D eigenvalue weighted by atomic mass is 35.5. The highest BCUT2D eigenvalue weighted by Crippen LogP contribution is 2.78. The van der Waals surface area contributed by atoms with Crippen molar-refractivity contribution in [1.82, 2.24) is 0 Å². The summed E-state index contributed by atoms with van der Waals surface area (Å²) in [5.74, 6) is -0.427. The van der Waals surface area contributed by atoms with Gasteiger partial charge in [-0.1, -0.05) is 0 Å². The fourth-order valence-corrected chi connectivity index (χ4v) is 8.63. The standard InChI is InChI=1S/C10H9Cl9/c11-2-9(7(16)17)4-3(12)5(13)8(9,6(14)15)1-10(4,18)19/h3-7H,1-2H2. The van der Waals surface area contributed by atoms with Gasteiger partial charge in [0, 0.05) is 22.6 Å². The summed E-state index contributed by atoms with van der Waals surface area (Å²) in [7, 11) is 0. The predicted molar refractivity (Wildman–Crippen MR) is 88.4 cm³/mol. The Morgan fingerprint density at radius 1 is 1.00 bits per heavy atom. The van der Waals surface area contributed by atoms with E-state index in [-0.39, 0.29) is 12.3 Å². The maximum absolute atomic E-state index is 6.45. The molecule has 2 saturated carbocycles. The molecule has 0 heterocycles. The van der Waals surface area contributed by atoms with Crippen LogP contribution in [0, 0.1) is 16.7 Å². The van der Waals surface area contributed by atoms with Gasteiger partial charge in [0.25, 0.3) is 0 Å². The minimum atomic E-state index is -1.17. The first-order chi connectivity index (χ1) is 8.59. The first-order valence-electron chi connectivity index (χ1n) is 5.38. The SMILES string of the molecule is ClCC1(C(Cl)Cl)C2C(Cl)C(Cl)C1(C(Cl)Cl)CC2(Cl)Cl. The first kappa shape index (κ1) is 18.0. The van der Waals surface area contributed by atoms with Crippen molar-refractivity contribution in [1.29, 1.82) is 0 Å². The molecule has 0 nitrogen and oxygen atoms in total. The zero-order chi connectivity index (χ0) is 14.8. The van der Waals surface area contributed by atoms with Gasteiger partial charge in [-0.15, -0.1) is 104 Å². The molecule has 2 bridgehead atoms. The van der Waals surface area contributed by atoms with Crippen LogP contribution in [0.3, 0.4) is 0 Å². The molecule has 0 saturated heterocycles. The van der Waals surface area contributed by atoms with E-state index in [1.165, 1.54) is 0 Å². The van der Waals surface area contributed by atoms with E-state index >= 15 is 0 Å². The normalized spacial score (nSPS) is 48.5. The molecule has 0 aromatic heterocycles. The van der Waals surface area contributed by atoms with Crippen LogP contribution in [-0.2, 0) is 0 Å². The highest BCUT2D eigenvalue weighted by Gasteiger charge is 2.82. The molecule has 0 amide bonds. The zero-order valence-electron chi connectivity index (χ0n) is 9.20. The molecule has 0 spiro atoms. The molecule has 0 radical (unpaired) electrons. The Morgan fingerprint density at radius 2 is 1.53 bits per heavy atom. The van der Waals surface area contributed by atoms with E-state index in [4.69, 9.17) is 104 Å². The van der Waals surface area contributed by atoms with Crippen molar-refractivity contribution in [3.8, 4) is 0 Å². The number of rotatable bonds is 3. The van der Waals surface area contributed by atoms with Gasteiger partial charge in [-0.25, -0.2) is 0 Å². The van der Waals surface area contributed by atoms with E-state index in [9.17, 15) is 0 Å². The molecule has 19 heavy (non-hydrogen) atoms. The van der Waals surface area contributed by atoms with E-state index in [1.807, 2.05) is 0 Å². The summed E-state index contributed by atoms with van der Waals surface area (Å²) in [4.78, 5) is -1.78. The summed E-state index contributed by atoms with van der Waals surface area (Å²) in [5, 5.41) is -1.13. The van der Waals surface area contributed by atoms with Gasteiger partial charge in [-0.3, -0.25) is 0 Å². The molecule has 0 aliphatic heterocycles. The Balaban J connectivity index is 2.71. The molecule has 2 rings (SSSR count). The van der Waals surface area contributed by atoms with Gasteiger partial charge in [0.1, 0.15) is 14.0 Å². The molecule has 0 aromatic rings. The molecule has 9 heteroatoms. The Hall–Kier alpha value is 2.61. The van der Waals surface area contributed by atoms with Crippen LogP contribution in [0.25, 0.3) is 0 Å². The topological polar surface area (TPSA) is 0 Å². The molecule has 5 atom stereocenters. The van der Waals surface area contributed by atoms with Crippen molar-refractivity contribution in [2.45, 2.75) is 31.2 Å². The monoisotopic (exact) mass is 444 g/mol. The Morgan fingerprint density at radius 3 is 1.84 bits per heavy atom. The van der Waals surface area contributed by atoms with Crippen LogP contribution in [0.1, 0.15) is 6.42 Å². The first-order valence-corrected chi connectivity index (χ1v) is 9.28. The van der Waals surface area contributed by atoms with Gasteiger partial charge in [-0.2, -0.15) is 0 Å². The lowest BCUT2D eigenvalue weighted by Crippen LogP contribution is -2.50. The summed E-state index contributed by atoms with van der Waals surface area (Å²) in [6, 6.07) is 0. The molecule has 2 fully saturated rings. The fourth-order valence-electron chi connectivity index (χ4n) is 3.66. The van der Waals surface area contributed by atoms with Crippen molar-refractivity contribution in [2.75, 3.05) is 5.88 Å². The van der Waals surface area contributed by atoms with Gasteiger partial charge in [0.2, 0.25) is 0 Å². The smallest absolute Gasteiger partial charge is 0.124 e. The number of hydrogen-bond donors (Lipinski definition) is 0. The molecule has 0 N–H and O–H groups in total. The van der Waals surface area contributed by atoms with Crippen LogP contribution in [0.4, 0.5) is 0 Å². The molecule has 112 valence electrons. The maximum Gasteiger partial charge on any atom is 0.124 e. The summed E-state index contributed by atoms with van der Waals surface area (Å²) >= 11 is 56.6. The minimum Gasteiger partial charge on any atom is -0.126 e. The van der Waals surface area contributed by atoms with Gasteiger partial charge in [-0.05, 0) is 6.42 Å². The van der Waals surface area contributed by atoms with Gasteiger partial charge >= 0.3 is 0 Å². The third kappa shape index (κ3) is 2.08. The van der Waals surface area contributed by atoms with Crippen molar-refractivity contribution in [3.63, 3.8) is 0 Å². The summed E-state index contributed by atoms with van der Waals surface area (Å²) < 4.78 is -1.17. The molecule has 0 aromatic carbocycles. The summed E-state index contributed by atoms with van der Waals surface area (Å²) in [6.07, 6.45) is 0.242. The third-order valence-electron chi connectivity index (χ3n) is 4.49. The van der Waals surface area contributed by atoms with Crippen molar-refractivity contribution in [3.05, 3.63) is 0 Å². The van der Waals surface area contributed by atoms with Crippen LogP contribution in [-0.4, -0.2) is 30.6 Å². The molecule has 5 unspecified atom stereocenters. The van der Waals surface area contributed by atoms with Crippen LogP contribution < -0.4 is 0 Å². The lowest BCUT2D eigenvalue weighted by molar-refractivity contribution is 0.144. The molecule has 2 aliphatic rings. The second kappa shape index (κ2) is 5.60. The van der Waals surface area contributed by atoms with E-state index in [1.54, 1.807) is 0 Å². The second-order valence-corrected chi connectivity index (χ2v) is 10.1. The largest absolute Gasteiger partial charge is 0.126 e. The Bertz CT molecular complexity index is 362. The quantitative estimate of drug-likeness (QED) is 0.450. The van der Waals surface area contributed by atoms with E-state index in [0.717, 1.165) is 0 Å². The van der Waals surface area contributed by atoms with Crippen molar-refractivity contribution < 1.29 is 0 Å². The predicted octanol–water partition coefficient (Wildman–Crippen LogP) is 6.23. The number of hydrogen-bond acceptors (Lipinski definition) is 0. The zero-order valence-corrected chi connectivity index (χ0v) is 16.0.